The molecular formula is C13H17Cl2N3O2. The number of amidine groups is 1. The first kappa shape index (κ1) is 15.4. The summed E-state index contributed by atoms with van der Waals surface area (Å²) in [7, 11) is 0. The van der Waals surface area contributed by atoms with Gasteiger partial charge in [-0.2, -0.15) is 5.10 Å². The molecule has 1 fully saturated rings. The van der Waals surface area contributed by atoms with Crippen LogP contribution >= 0.6 is 23.2 Å². The molecule has 1 saturated heterocycles. The number of allylic oxidation sites excluding steroid dienone is 2. The summed E-state index contributed by atoms with van der Waals surface area (Å²) in [5.74, 6) is 0.285. The molecule has 110 valence electrons. The molecular weight excluding hydrogens is 301 g/mol. The summed E-state index contributed by atoms with van der Waals surface area (Å²) in [5.41, 5.74) is 2.90. The van der Waals surface area contributed by atoms with Crippen molar-refractivity contribution >= 4 is 34.8 Å². The van der Waals surface area contributed by atoms with Gasteiger partial charge in [0.15, 0.2) is 11.6 Å². The third kappa shape index (κ3) is 3.75. The molecule has 7 heteroatoms. The fraction of sp³-hybridized carbons (Fsp3) is 0.538. The van der Waals surface area contributed by atoms with Crippen LogP contribution < -0.4 is 5.43 Å². The van der Waals surface area contributed by atoms with Crippen molar-refractivity contribution in [3.63, 3.8) is 0 Å². The first-order valence-electron chi connectivity index (χ1n) is 6.44. The molecule has 0 spiro atoms. The van der Waals surface area contributed by atoms with Gasteiger partial charge in [-0.3, -0.25) is 10.2 Å². The molecule has 2 aliphatic rings. The second-order valence-electron chi connectivity index (χ2n) is 4.58. The van der Waals surface area contributed by atoms with Crippen molar-refractivity contribution in [2.24, 2.45) is 5.10 Å². The van der Waals surface area contributed by atoms with Crippen molar-refractivity contribution in [1.82, 2.24) is 10.3 Å². The lowest BCUT2D eigenvalue weighted by Gasteiger charge is -2.29. The van der Waals surface area contributed by atoms with Gasteiger partial charge in [-0.1, -0.05) is 23.8 Å². The van der Waals surface area contributed by atoms with Gasteiger partial charge >= 0.3 is 0 Å². The number of Topliss-reactive ketones (excluding diaryl/α,β-unsaturated/α-hetero) is 1. The molecule has 0 bridgehead atoms. The molecule has 2 atom stereocenters. The lowest BCUT2D eigenvalue weighted by Crippen LogP contribution is -2.45. The van der Waals surface area contributed by atoms with Gasteiger partial charge in [0, 0.05) is 25.0 Å². The van der Waals surface area contributed by atoms with Crippen LogP contribution in [-0.4, -0.2) is 54.2 Å². The van der Waals surface area contributed by atoms with E-state index in [0.29, 0.717) is 37.2 Å². The van der Waals surface area contributed by atoms with Crippen LogP contribution in [-0.2, 0) is 9.53 Å². The lowest BCUT2D eigenvalue weighted by atomic mass is 10.1. The van der Waals surface area contributed by atoms with E-state index < -0.39 is 0 Å². The Morgan fingerprint density at radius 3 is 2.80 bits per heavy atom. The number of ketones is 1. The van der Waals surface area contributed by atoms with E-state index in [4.69, 9.17) is 27.9 Å². The third-order valence-electron chi connectivity index (χ3n) is 3.10. The Hall–Kier alpha value is -1.04. The number of carbonyl (C=O) groups is 1. The number of nitrogens with one attached hydrogen (secondary N) is 1. The van der Waals surface area contributed by atoms with E-state index in [2.05, 4.69) is 10.5 Å². The zero-order valence-electron chi connectivity index (χ0n) is 11.2. The fourth-order valence-electron chi connectivity index (χ4n) is 2.03. The molecule has 1 N–H and O–H groups in total. The van der Waals surface area contributed by atoms with Gasteiger partial charge in [0.2, 0.25) is 0 Å². The maximum absolute atomic E-state index is 11.7. The van der Waals surface area contributed by atoms with E-state index in [9.17, 15) is 4.79 Å². The van der Waals surface area contributed by atoms with Crippen LogP contribution in [0.5, 0.6) is 0 Å². The highest BCUT2D eigenvalue weighted by Gasteiger charge is 2.24. The van der Waals surface area contributed by atoms with Gasteiger partial charge in [-0.05, 0) is 6.08 Å². The molecule has 1 heterocycles. The summed E-state index contributed by atoms with van der Waals surface area (Å²) in [6, 6.07) is -0.321. The number of nitrogens with zero attached hydrogens (tertiary/aromatic N) is 2. The van der Waals surface area contributed by atoms with E-state index in [-0.39, 0.29) is 17.2 Å². The molecule has 20 heavy (non-hydrogen) atoms. The monoisotopic (exact) mass is 317 g/mol. The minimum absolute atomic E-state index is 0.100. The number of hydrogen-bond donors (Lipinski definition) is 1. The quantitative estimate of drug-likeness (QED) is 0.371. The van der Waals surface area contributed by atoms with E-state index in [1.165, 1.54) is 6.92 Å². The molecule has 2 rings (SSSR count). The molecule has 0 aromatic carbocycles. The summed E-state index contributed by atoms with van der Waals surface area (Å²) in [4.78, 5) is 13.6. The number of morpholine rings is 1. The summed E-state index contributed by atoms with van der Waals surface area (Å²) < 4.78 is 5.27. The Bertz CT molecular complexity index is 457. The summed E-state index contributed by atoms with van der Waals surface area (Å²) in [6.45, 7) is 3.98. The van der Waals surface area contributed by atoms with E-state index in [1.54, 1.807) is 12.2 Å². The predicted octanol–water partition coefficient (Wildman–Crippen LogP) is 1.48. The Balaban J connectivity index is 2.07. The molecule has 0 radical (unpaired) electrons. The van der Waals surface area contributed by atoms with Gasteiger partial charge < -0.3 is 9.64 Å². The highest BCUT2D eigenvalue weighted by atomic mass is 35.5. The Labute approximate surface area is 128 Å². The van der Waals surface area contributed by atoms with Crippen molar-refractivity contribution in [3.8, 4) is 0 Å². The lowest BCUT2D eigenvalue weighted by molar-refractivity contribution is -0.112. The van der Waals surface area contributed by atoms with Crippen LogP contribution in [0.2, 0.25) is 0 Å². The van der Waals surface area contributed by atoms with Crippen molar-refractivity contribution < 1.29 is 9.53 Å². The zero-order valence-corrected chi connectivity index (χ0v) is 12.7. The molecule has 0 saturated carbocycles. The van der Waals surface area contributed by atoms with Crippen LogP contribution in [0.4, 0.5) is 0 Å². The van der Waals surface area contributed by atoms with Crippen LogP contribution in [0.25, 0.3) is 0 Å². The third-order valence-corrected chi connectivity index (χ3v) is 3.86. The highest BCUT2D eigenvalue weighted by molar-refractivity contribution is 6.37. The first-order valence-corrected chi connectivity index (χ1v) is 7.26. The smallest absolute Gasteiger partial charge is 0.196 e. The van der Waals surface area contributed by atoms with Crippen LogP contribution in [0, 0.1) is 0 Å². The van der Waals surface area contributed by atoms with Crippen molar-refractivity contribution in [1.29, 1.82) is 0 Å². The standard InChI is InChI=1S/C13H17Cl2N3O2/c1-9(19)13(18-5-7-20-8-6-18)17-16-12-10(14)3-2-4-11(12)15/h2-4,10,12,16H,5-8H2,1H3/b17-13+/t10-,12+/m1/s1. The second kappa shape index (κ2) is 7.11. The van der Waals surface area contributed by atoms with Crippen LogP contribution in [0.1, 0.15) is 6.92 Å². The Morgan fingerprint density at radius 2 is 2.20 bits per heavy atom. The fourth-order valence-corrected chi connectivity index (χ4v) is 2.63. The summed E-state index contributed by atoms with van der Waals surface area (Å²) in [6.07, 6.45) is 5.38. The maximum atomic E-state index is 11.7. The van der Waals surface area contributed by atoms with Gasteiger partial charge in [0.1, 0.15) is 0 Å². The van der Waals surface area contributed by atoms with Gasteiger partial charge in [0.05, 0.1) is 24.6 Å². The number of carbonyl (C=O) groups excluding carboxylic acids is 1. The minimum Gasteiger partial charge on any atom is -0.378 e. The average molecular weight is 318 g/mol. The van der Waals surface area contributed by atoms with Gasteiger partial charge in [-0.25, -0.2) is 0 Å². The summed E-state index contributed by atoms with van der Waals surface area (Å²) in [5, 5.41) is 4.49. The molecule has 0 amide bonds. The van der Waals surface area contributed by atoms with Crippen molar-refractivity contribution in [3.05, 3.63) is 23.3 Å². The number of rotatable bonds is 3. The topological polar surface area (TPSA) is 53.9 Å². The number of ether oxygens (including phenoxy) is 1. The number of hydrogen-bond acceptors (Lipinski definition) is 4. The molecule has 0 aromatic rings. The van der Waals surface area contributed by atoms with Crippen molar-refractivity contribution in [2.75, 3.05) is 26.3 Å². The minimum atomic E-state index is -0.321. The number of hydrazone groups is 1. The molecule has 5 nitrogen and oxygen atoms in total. The van der Waals surface area contributed by atoms with Gasteiger partial charge in [0.25, 0.3) is 0 Å². The number of alkyl halides is 1. The van der Waals surface area contributed by atoms with Gasteiger partial charge in [-0.15, -0.1) is 11.6 Å². The molecule has 1 aliphatic heterocycles. The second-order valence-corrected chi connectivity index (χ2v) is 5.52. The molecule has 1 aliphatic carbocycles. The Kier molecular flexibility index (Phi) is 5.46. The Morgan fingerprint density at radius 1 is 1.50 bits per heavy atom. The molecule has 0 aromatic heterocycles. The van der Waals surface area contributed by atoms with E-state index in [0.717, 1.165) is 0 Å². The average Bonchev–Trinajstić information content (AvgIpc) is 2.43. The number of halogens is 2. The molecule has 0 unspecified atom stereocenters. The first-order chi connectivity index (χ1) is 9.59. The summed E-state index contributed by atoms with van der Waals surface area (Å²) >= 11 is 12.3. The van der Waals surface area contributed by atoms with E-state index >= 15 is 0 Å². The maximum Gasteiger partial charge on any atom is 0.196 e. The predicted molar refractivity (Wildman–Crippen MR) is 80.1 cm³/mol. The van der Waals surface area contributed by atoms with Crippen LogP contribution in [0.15, 0.2) is 28.4 Å². The zero-order chi connectivity index (χ0) is 14.5. The van der Waals surface area contributed by atoms with E-state index in [1.807, 2.05) is 11.0 Å². The SMILES string of the molecule is CC(=O)/C(=N\N[C@@H]1C(Cl)=CC=C[C@H]1Cl)N1CCOCC1. The highest BCUT2D eigenvalue weighted by Crippen LogP contribution is 2.21. The van der Waals surface area contributed by atoms with Crippen molar-refractivity contribution in [2.45, 2.75) is 18.3 Å². The largest absolute Gasteiger partial charge is 0.378 e. The van der Waals surface area contributed by atoms with Crippen LogP contribution in [0.3, 0.4) is 0 Å². The normalized spacial score (nSPS) is 27.2.